The van der Waals surface area contributed by atoms with Gasteiger partial charge in [0.05, 0.1) is 6.61 Å². The van der Waals surface area contributed by atoms with Gasteiger partial charge in [-0.05, 0) is 82.4 Å². The lowest BCUT2D eigenvalue weighted by molar-refractivity contribution is -0.139. The highest BCUT2D eigenvalue weighted by molar-refractivity contribution is 5.79. The van der Waals surface area contributed by atoms with Gasteiger partial charge in [0.2, 0.25) is 0 Å². The quantitative estimate of drug-likeness (QED) is 0.388. The Bertz CT molecular complexity index is 838. The molecule has 1 aromatic heterocycles. The predicted octanol–water partition coefficient (Wildman–Crippen LogP) is 3.60. The zero-order chi connectivity index (χ0) is 23.3. The van der Waals surface area contributed by atoms with Gasteiger partial charge in [-0.15, -0.1) is 0 Å². The van der Waals surface area contributed by atoms with Crippen LogP contribution in [0.1, 0.15) is 69.5 Å². The van der Waals surface area contributed by atoms with E-state index in [0.29, 0.717) is 25.6 Å². The molecule has 3 N–H and O–H groups in total. The maximum atomic E-state index is 12.0. The van der Waals surface area contributed by atoms with Crippen molar-refractivity contribution in [2.45, 2.75) is 83.2 Å². The number of ether oxygens (including phenoxy) is 1. The van der Waals surface area contributed by atoms with Crippen molar-refractivity contribution in [3.05, 3.63) is 23.4 Å². The molecular weight excluding hydrogens is 420 g/mol. The van der Waals surface area contributed by atoms with Gasteiger partial charge in [0.25, 0.3) is 0 Å². The van der Waals surface area contributed by atoms with Gasteiger partial charge in [0, 0.05) is 30.2 Å². The average molecular weight is 459 g/mol. The highest BCUT2D eigenvalue weighted by atomic mass is 16.5. The van der Waals surface area contributed by atoms with E-state index in [0.717, 1.165) is 63.1 Å². The Hall–Kier alpha value is -2.35. The van der Waals surface area contributed by atoms with Crippen molar-refractivity contribution in [3.63, 3.8) is 0 Å². The number of rotatable bonds is 13. The third-order valence-corrected chi connectivity index (χ3v) is 7.09. The third-order valence-electron chi connectivity index (χ3n) is 7.09. The first-order chi connectivity index (χ1) is 15.9. The predicted molar refractivity (Wildman–Crippen MR) is 126 cm³/mol. The monoisotopic (exact) mass is 458 g/mol. The summed E-state index contributed by atoms with van der Waals surface area (Å²) in [5.74, 6) is 0.0442. The number of carbonyl (C=O) groups excluding carboxylic acids is 1. The first-order valence-electron chi connectivity index (χ1n) is 12.5. The summed E-state index contributed by atoms with van der Waals surface area (Å²) in [7, 11) is 0. The second-order valence-corrected chi connectivity index (χ2v) is 10.3. The molecule has 0 spiro atoms. The summed E-state index contributed by atoms with van der Waals surface area (Å²) in [6.45, 7) is 5.04. The number of nitrogens with one attached hydrogen (secondary N) is 2. The number of aliphatic carboxylic acids is 1. The third kappa shape index (κ3) is 7.32. The molecule has 0 unspecified atom stereocenters. The molecule has 1 aromatic rings. The Morgan fingerprint density at radius 2 is 2.12 bits per heavy atom. The average Bonchev–Trinajstić information content (AvgIpc) is 3.74. The summed E-state index contributed by atoms with van der Waals surface area (Å²) >= 11 is 0. The van der Waals surface area contributed by atoms with E-state index in [4.69, 9.17) is 9.72 Å². The summed E-state index contributed by atoms with van der Waals surface area (Å²) in [4.78, 5) is 30.9. The summed E-state index contributed by atoms with van der Waals surface area (Å²) in [6, 6.07) is 3.98. The number of carbonyl (C=O) groups is 2. The molecule has 0 radical (unpaired) electrons. The fourth-order valence-electron chi connectivity index (χ4n) is 4.38. The Labute approximate surface area is 196 Å². The highest BCUT2D eigenvalue weighted by Gasteiger charge is 2.39. The fraction of sp³-hybridized carbons (Fsp3) is 0.720. The zero-order valence-corrected chi connectivity index (χ0v) is 19.8. The minimum absolute atomic E-state index is 0.0873. The highest BCUT2D eigenvalue weighted by Crippen LogP contribution is 2.44. The van der Waals surface area contributed by atoms with Gasteiger partial charge in [-0.1, -0.05) is 13.0 Å². The van der Waals surface area contributed by atoms with Gasteiger partial charge in [-0.3, -0.25) is 0 Å². The van der Waals surface area contributed by atoms with Crippen LogP contribution in [0.5, 0.6) is 0 Å². The van der Waals surface area contributed by atoms with Crippen molar-refractivity contribution in [1.29, 1.82) is 0 Å². The Balaban J connectivity index is 1.18. The van der Waals surface area contributed by atoms with Crippen molar-refractivity contribution in [2.75, 3.05) is 31.6 Å². The van der Waals surface area contributed by atoms with Crippen molar-refractivity contribution >= 4 is 17.9 Å². The molecule has 0 bridgehead atoms. The van der Waals surface area contributed by atoms with Gasteiger partial charge >= 0.3 is 12.1 Å². The lowest BCUT2D eigenvalue weighted by Gasteiger charge is -2.24. The second kappa shape index (κ2) is 10.7. The minimum atomic E-state index is -1.01. The van der Waals surface area contributed by atoms with Crippen molar-refractivity contribution in [1.82, 2.24) is 15.2 Å². The number of amides is 1. The molecule has 2 heterocycles. The topological polar surface area (TPSA) is 104 Å². The van der Waals surface area contributed by atoms with Crippen LogP contribution in [0, 0.1) is 5.41 Å². The SMILES string of the molecule is CC1(COC(=O)N[C@@H](CCN(CCCCc2ccc3c(n2)NCCC3)C2CC2)C(=O)O)CC1. The summed E-state index contributed by atoms with van der Waals surface area (Å²) in [5.41, 5.74) is 2.54. The summed E-state index contributed by atoms with van der Waals surface area (Å²) in [5, 5.41) is 15.5. The second-order valence-electron chi connectivity index (χ2n) is 10.3. The van der Waals surface area contributed by atoms with E-state index in [-0.39, 0.29) is 5.41 Å². The first kappa shape index (κ1) is 23.8. The molecular formula is C25H38N4O4. The van der Waals surface area contributed by atoms with Crippen molar-refractivity contribution in [3.8, 4) is 0 Å². The molecule has 1 atom stereocenters. The van der Waals surface area contributed by atoms with Crippen LogP contribution in [0.4, 0.5) is 10.6 Å². The zero-order valence-electron chi connectivity index (χ0n) is 19.8. The number of nitrogens with zero attached hydrogens (tertiary/aromatic N) is 2. The number of aromatic nitrogens is 1. The van der Waals surface area contributed by atoms with E-state index < -0.39 is 18.1 Å². The molecule has 2 fully saturated rings. The molecule has 2 aliphatic carbocycles. The number of anilines is 1. The number of pyridine rings is 1. The fourth-order valence-corrected chi connectivity index (χ4v) is 4.38. The number of fused-ring (bicyclic) bond motifs is 1. The number of alkyl carbamates (subject to hydrolysis) is 1. The normalized spacial score (nSPS) is 19.3. The lowest BCUT2D eigenvalue weighted by Crippen LogP contribution is -2.44. The van der Waals surface area contributed by atoms with E-state index >= 15 is 0 Å². The number of unbranched alkanes of at least 4 members (excludes halogenated alkanes) is 1. The molecule has 2 saturated carbocycles. The molecule has 182 valence electrons. The van der Waals surface area contributed by atoms with E-state index in [2.05, 4.69) is 34.6 Å². The lowest BCUT2D eigenvalue weighted by atomic mass is 10.1. The molecule has 1 aliphatic heterocycles. The minimum Gasteiger partial charge on any atom is -0.480 e. The van der Waals surface area contributed by atoms with Crippen LogP contribution in [-0.4, -0.2) is 65.4 Å². The van der Waals surface area contributed by atoms with Crippen LogP contribution in [0.2, 0.25) is 0 Å². The summed E-state index contributed by atoms with van der Waals surface area (Å²) in [6.07, 6.45) is 9.55. The molecule has 3 aliphatic rings. The number of hydrogen-bond acceptors (Lipinski definition) is 6. The van der Waals surface area contributed by atoms with Gasteiger partial charge in [-0.25, -0.2) is 14.6 Å². The molecule has 33 heavy (non-hydrogen) atoms. The van der Waals surface area contributed by atoms with Crippen molar-refractivity contribution in [2.24, 2.45) is 5.41 Å². The maximum Gasteiger partial charge on any atom is 0.407 e. The Morgan fingerprint density at radius 1 is 1.30 bits per heavy atom. The van der Waals surface area contributed by atoms with Gasteiger partial charge in [0.15, 0.2) is 0 Å². The van der Waals surface area contributed by atoms with E-state index in [1.165, 1.54) is 24.8 Å². The molecule has 0 aromatic carbocycles. The Morgan fingerprint density at radius 3 is 2.85 bits per heavy atom. The van der Waals surface area contributed by atoms with E-state index in [1.807, 2.05) is 0 Å². The number of hydrogen-bond donors (Lipinski definition) is 3. The van der Waals surface area contributed by atoms with Crippen LogP contribution in [0.3, 0.4) is 0 Å². The molecule has 8 nitrogen and oxygen atoms in total. The first-order valence-corrected chi connectivity index (χ1v) is 12.5. The number of carboxylic acid groups (broad SMARTS) is 1. The van der Waals surface area contributed by atoms with E-state index in [9.17, 15) is 14.7 Å². The van der Waals surface area contributed by atoms with Crippen LogP contribution >= 0.6 is 0 Å². The van der Waals surface area contributed by atoms with Crippen LogP contribution in [0.25, 0.3) is 0 Å². The van der Waals surface area contributed by atoms with Crippen LogP contribution in [-0.2, 0) is 22.4 Å². The van der Waals surface area contributed by atoms with Gasteiger partial charge in [-0.2, -0.15) is 0 Å². The van der Waals surface area contributed by atoms with E-state index in [1.54, 1.807) is 0 Å². The van der Waals surface area contributed by atoms with Crippen molar-refractivity contribution < 1.29 is 19.4 Å². The van der Waals surface area contributed by atoms with Crippen LogP contribution < -0.4 is 10.6 Å². The molecule has 8 heteroatoms. The molecule has 4 rings (SSSR count). The number of aryl methyl sites for hydroxylation is 2. The summed E-state index contributed by atoms with van der Waals surface area (Å²) < 4.78 is 5.23. The molecule has 0 saturated heterocycles. The Kier molecular flexibility index (Phi) is 7.73. The number of carboxylic acids is 1. The van der Waals surface area contributed by atoms with Gasteiger partial charge in [0.1, 0.15) is 11.9 Å². The standard InChI is InChI=1S/C25H38N4O4/c1-25(12-13-25)17-33-24(32)28-21(23(30)31)11-16-29(20-9-10-20)15-3-2-6-19-8-7-18-5-4-14-26-22(18)27-19/h7-8,20-21H,2-6,9-17H2,1H3,(H,26,27)(H,28,32)(H,30,31)/t21-/m0/s1. The van der Waals surface area contributed by atoms with Gasteiger partial charge < -0.3 is 25.4 Å². The maximum absolute atomic E-state index is 12.0. The van der Waals surface area contributed by atoms with Crippen LogP contribution in [0.15, 0.2) is 12.1 Å². The largest absolute Gasteiger partial charge is 0.480 e. The molecule has 1 amide bonds. The smallest absolute Gasteiger partial charge is 0.407 e.